The zero-order valence-corrected chi connectivity index (χ0v) is 11.2. The molecule has 1 aromatic rings. The van der Waals surface area contributed by atoms with Crippen molar-refractivity contribution in [1.82, 2.24) is 0 Å². The van der Waals surface area contributed by atoms with Crippen LogP contribution in [0.4, 0.5) is 0 Å². The quantitative estimate of drug-likeness (QED) is 0.827. The standard InChI is InChI=1S/C14H23NO2/c1-5-14(3,17-6-2)13(15)11-8-7-9-12(10-11)16-4/h7-10,13H,5-6,15H2,1-4H3. The minimum atomic E-state index is -0.332. The van der Waals surface area contributed by atoms with Crippen LogP contribution in [0.3, 0.4) is 0 Å². The van der Waals surface area contributed by atoms with Gasteiger partial charge in [0.15, 0.2) is 0 Å². The second-order valence-electron chi connectivity index (χ2n) is 4.35. The van der Waals surface area contributed by atoms with Crippen molar-refractivity contribution in [3.05, 3.63) is 29.8 Å². The molecule has 3 nitrogen and oxygen atoms in total. The molecule has 0 spiro atoms. The molecular formula is C14H23NO2. The Bertz CT molecular complexity index is 354. The second kappa shape index (κ2) is 6.03. The molecule has 0 amide bonds. The summed E-state index contributed by atoms with van der Waals surface area (Å²) in [5, 5.41) is 0. The second-order valence-corrected chi connectivity index (χ2v) is 4.35. The molecule has 17 heavy (non-hydrogen) atoms. The Labute approximate surface area is 104 Å². The van der Waals surface area contributed by atoms with Gasteiger partial charge in [-0.15, -0.1) is 0 Å². The molecule has 0 heterocycles. The minimum absolute atomic E-state index is 0.150. The summed E-state index contributed by atoms with van der Waals surface area (Å²) in [6.07, 6.45) is 0.874. The van der Waals surface area contributed by atoms with Crippen molar-refractivity contribution in [2.45, 2.75) is 38.8 Å². The van der Waals surface area contributed by atoms with E-state index in [0.717, 1.165) is 17.7 Å². The Morgan fingerprint density at radius 2 is 2.06 bits per heavy atom. The molecule has 2 atom stereocenters. The van der Waals surface area contributed by atoms with E-state index in [1.165, 1.54) is 0 Å². The molecule has 0 saturated carbocycles. The van der Waals surface area contributed by atoms with Gasteiger partial charge in [0.2, 0.25) is 0 Å². The summed E-state index contributed by atoms with van der Waals surface area (Å²) in [4.78, 5) is 0. The number of rotatable bonds is 6. The Hall–Kier alpha value is -1.06. The van der Waals surface area contributed by atoms with Crippen molar-refractivity contribution in [3.8, 4) is 5.75 Å². The molecule has 0 aliphatic carbocycles. The van der Waals surface area contributed by atoms with Crippen molar-refractivity contribution in [2.24, 2.45) is 5.73 Å². The SMILES string of the molecule is CCOC(C)(CC)C(N)c1cccc(OC)c1. The number of benzene rings is 1. The van der Waals surface area contributed by atoms with Crippen LogP contribution in [0.2, 0.25) is 0 Å². The molecule has 0 radical (unpaired) electrons. The molecule has 0 bridgehead atoms. The van der Waals surface area contributed by atoms with Crippen LogP contribution in [0.5, 0.6) is 5.75 Å². The molecule has 1 rings (SSSR count). The van der Waals surface area contributed by atoms with Crippen LogP contribution in [0.15, 0.2) is 24.3 Å². The van der Waals surface area contributed by atoms with E-state index in [1.54, 1.807) is 7.11 Å². The van der Waals surface area contributed by atoms with E-state index in [0.29, 0.717) is 6.61 Å². The first-order valence-corrected chi connectivity index (χ1v) is 6.10. The first-order valence-electron chi connectivity index (χ1n) is 6.10. The van der Waals surface area contributed by atoms with Gasteiger partial charge in [-0.25, -0.2) is 0 Å². The maximum atomic E-state index is 6.31. The summed E-state index contributed by atoms with van der Waals surface area (Å²) in [6, 6.07) is 7.70. The lowest BCUT2D eigenvalue weighted by Gasteiger charge is -2.34. The molecule has 0 fully saturated rings. The summed E-state index contributed by atoms with van der Waals surface area (Å²) < 4.78 is 11.0. The van der Waals surface area contributed by atoms with Crippen molar-refractivity contribution >= 4 is 0 Å². The van der Waals surface area contributed by atoms with Crippen LogP contribution >= 0.6 is 0 Å². The highest BCUT2D eigenvalue weighted by Gasteiger charge is 2.31. The number of methoxy groups -OCH3 is 1. The summed E-state index contributed by atoms with van der Waals surface area (Å²) in [6.45, 7) is 6.81. The zero-order chi connectivity index (χ0) is 12.9. The van der Waals surface area contributed by atoms with Crippen molar-refractivity contribution in [1.29, 1.82) is 0 Å². The fraction of sp³-hybridized carbons (Fsp3) is 0.571. The molecule has 1 aromatic carbocycles. The summed E-state index contributed by atoms with van der Waals surface area (Å²) >= 11 is 0. The van der Waals surface area contributed by atoms with Crippen molar-refractivity contribution < 1.29 is 9.47 Å². The van der Waals surface area contributed by atoms with E-state index in [4.69, 9.17) is 15.2 Å². The molecule has 96 valence electrons. The minimum Gasteiger partial charge on any atom is -0.497 e. The largest absolute Gasteiger partial charge is 0.497 e. The predicted octanol–water partition coefficient (Wildman–Crippen LogP) is 2.90. The first-order chi connectivity index (χ1) is 8.07. The third-order valence-electron chi connectivity index (χ3n) is 3.29. The normalized spacial score (nSPS) is 16.3. The van der Waals surface area contributed by atoms with E-state index < -0.39 is 0 Å². The number of nitrogens with two attached hydrogens (primary N) is 1. The Morgan fingerprint density at radius 1 is 1.35 bits per heavy atom. The first kappa shape index (κ1) is 14.0. The van der Waals surface area contributed by atoms with Gasteiger partial charge in [-0.3, -0.25) is 0 Å². The molecular weight excluding hydrogens is 214 g/mol. The lowest BCUT2D eigenvalue weighted by molar-refractivity contribution is -0.0472. The number of ether oxygens (including phenoxy) is 2. The van der Waals surface area contributed by atoms with Gasteiger partial charge in [0, 0.05) is 6.61 Å². The molecule has 3 heteroatoms. The van der Waals surface area contributed by atoms with Gasteiger partial charge in [-0.2, -0.15) is 0 Å². The van der Waals surface area contributed by atoms with Gasteiger partial charge in [0.25, 0.3) is 0 Å². The number of hydrogen-bond donors (Lipinski definition) is 1. The molecule has 0 aliphatic rings. The van der Waals surface area contributed by atoms with E-state index in [2.05, 4.69) is 13.8 Å². The van der Waals surface area contributed by atoms with Gasteiger partial charge in [-0.1, -0.05) is 19.1 Å². The maximum Gasteiger partial charge on any atom is 0.119 e. The molecule has 2 N–H and O–H groups in total. The number of hydrogen-bond acceptors (Lipinski definition) is 3. The molecule has 0 aliphatic heterocycles. The van der Waals surface area contributed by atoms with Gasteiger partial charge < -0.3 is 15.2 Å². The average Bonchev–Trinajstić information content (AvgIpc) is 2.38. The fourth-order valence-corrected chi connectivity index (χ4v) is 1.93. The third kappa shape index (κ3) is 3.20. The third-order valence-corrected chi connectivity index (χ3v) is 3.29. The summed E-state index contributed by atoms with van der Waals surface area (Å²) in [5.41, 5.74) is 7.02. The maximum absolute atomic E-state index is 6.31. The van der Waals surface area contributed by atoms with Crippen LogP contribution in [0, 0.1) is 0 Å². The van der Waals surface area contributed by atoms with Crippen LogP contribution in [-0.4, -0.2) is 19.3 Å². The van der Waals surface area contributed by atoms with Gasteiger partial charge in [-0.05, 0) is 38.0 Å². The van der Waals surface area contributed by atoms with E-state index in [-0.39, 0.29) is 11.6 Å². The highest BCUT2D eigenvalue weighted by molar-refractivity contribution is 5.31. The van der Waals surface area contributed by atoms with Crippen molar-refractivity contribution in [3.63, 3.8) is 0 Å². The topological polar surface area (TPSA) is 44.5 Å². The Balaban J connectivity index is 2.96. The lowest BCUT2D eigenvalue weighted by Crippen LogP contribution is -2.40. The van der Waals surface area contributed by atoms with E-state index in [1.807, 2.05) is 31.2 Å². The Morgan fingerprint density at radius 3 is 2.59 bits per heavy atom. The van der Waals surface area contributed by atoms with Gasteiger partial charge >= 0.3 is 0 Å². The Kier molecular flexibility index (Phi) is 4.97. The lowest BCUT2D eigenvalue weighted by atomic mass is 9.88. The van der Waals surface area contributed by atoms with Crippen LogP contribution in [-0.2, 0) is 4.74 Å². The smallest absolute Gasteiger partial charge is 0.119 e. The monoisotopic (exact) mass is 237 g/mol. The molecule has 0 aromatic heterocycles. The van der Waals surface area contributed by atoms with Crippen LogP contribution < -0.4 is 10.5 Å². The predicted molar refractivity (Wildman–Crippen MR) is 70.2 cm³/mol. The zero-order valence-electron chi connectivity index (χ0n) is 11.2. The van der Waals surface area contributed by atoms with E-state index >= 15 is 0 Å². The van der Waals surface area contributed by atoms with Crippen LogP contribution in [0.25, 0.3) is 0 Å². The van der Waals surface area contributed by atoms with Crippen LogP contribution in [0.1, 0.15) is 38.8 Å². The fourth-order valence-electron chi connectivity index (χ4n) is 1.93. The van der Waals surface area contributed by atoms with Crippen molar-refractivity contribution in [2.75, 3.05) is 13.7 Å². The van der Waals surface area contributed by atoms with Gasteiger partial charge in [0.05, 0.1) is 18.8 Å². The highest BCUT2D eigenvalue weighted by atomic mass is 16.5. The average molecular weight is 237 g/mol. The summed E-state index contributed by atoms with van der Waals surface area (Å²) in [5.74, 6) is 0.827. The highest BCUT2D eigenvalue weighted by Crippen LogP contribution is 2.31. The van der Waals surface area contributed by atoms with Gasteiger partial charge in [0.1, 0.15) is 5.75 Å². The van der Waals surface area contributed by atoms with E-state index in [9.17, 15) is 0 Å². The molecule has 0 saturated heterocycles. The molecule has 2 unspecified atom stereocenters. The summed E-state index contributed by atoms with van der Waals surface area (Å²) in [7, 11) is 1.66.